The highest BCUT2D eigenvalue weighted by molar-refractivity contribution is 6.08. The van der Waals surface area contributed by atoms with Gasteiger partial charge in [-0.15, -0.1) is 0 Å². The molecular weight excluding hydrogens is 254 g/mol. The Hall–Kier alpha value is -2.10. The van der Waals surface area contributed by atoms with Gasteiger partial charge in [-0.2, -0.15) is 0 Å². The summed E-state index contributed by atoms with van der Waals surface area (Å²) in [5, 5.41) is 9.77. The minimum Gasteiger partial charge on any atom is -0.481 e. The lowest BCUT2D eigenvalue weighted by molar-refractivity contribution is -0.139. The van der Waals surface area contributed by atoms with Crippen LogP contribution in [-0.4, -0.2) is 21.8 Å². The normalized spacial score (nSPS) is 11.8. The van der Waals surface area contributed by atoms with Crippen LogP contribution < -0.4 is 0 Å². The van der Waals surface area contributed by atoms with Gasteiger partial charge in [0.05, 0.1) is 6.42 Å². The lowest BCUT2D eigenvalue weighted by Crippen LogP contribution is -2.21. The Morgan fingerprint density at radius 3 is 2.60 bits per heavy atom. The van der Waals surface area contributed by atoms with E-state index in [1.54, 1.807) is 20.0 Å². The molecule has 4 nitrogen and oxygen atoms in total. The molecule has 0 saturated heterocycles. The number of aryl methyl sites for hydroxylation is 1. The van der Waals surface area contributed by atoms with Crippen molar-refractivity contribution >= 4 is 22.7 Å². The van der Waals surface area contributed by atoms with Crippen molar-refractivity contribution in [1.29, 1.82) is 0 Å². The van der Waals surface area contributed by atoms with Gasteiger partial charge in [0.1, 0.15) is 0 Å². The molecule has 2 rings (SSSR count). The number of carboxylic acid groups (broad SMARTS) is 1. The Morgan fingerprint density at radius 1 is 1.25 bits per heavy atom. The van der Waals surface area contributed by atoms with E-state index in [0.29, 0.717) is 5.56 Å². The summed E-state index contributed by atoms with van der Waals surface area (Å²) in [6.07, 6.45) is 1.92. The van der Waals surface area contributed by atoms with Crippen LogP contribution in [-0.2, 0) is 4.79 Å². The summed E-state index contributed by atoms with van der Waals surface area (Å²) in [5.41, 5.74) is 2.16. The van der Waals surface area contributed by atoms with Crippen LogP contribution in [0.25, 0.3) is 10.9 Å². The molecule has 0 saturated carbocycles. The Balaban J connectivity index is 2.26. The molecule has 2 aromatic rings. The average molecular weight is 273 g/mol. The number of aromatic nitrogens is 1. The summed E-state index contributed by atoms with van der Waals surface area (Å²) in [4.78, 5) is 26.3. The van der Waals surface area contributed by atoms with Gasteiger partial charge in [0, 0.05) is 29.1 Å². The van der Waals surface area contributed by atoms with Gasteiger partial charge in [-0.1, -0.05) is 26.0 Å². The predicted molar refractivity (Wildman–Crippen MR) is 78.0 cm³/mol. The first-order valence-electron chi connectivity index (χ1n) is 6.61. The van der Waals surface area contributed by atoms with Gasteiger partial charge in [-0.05, 0) is 24.0 Å². The molecule has 0 fully saturated rings. The molecule has 1 aromatic heterocycles. The number of rotatable bonds is 5. The van der Waals surface area contributed by atoms with Crippen molar-refractivity contribution in [1.82, 2.24) is 4.98 Å². The average Bonchev–Trinajstić information content (AvgIpc) is 2.68. The van der Waals surface area contributed by atoms with Gasteiger partial charge < -0.3 is 10.1 Å². The largest absolute Gasteiger partial charge is 0.481 e. The smallest absolute Gasteiger partial charge is 0.303 e. The quantitative estimate of drug-likeness (QED) is 0.818. The number of H-pyrrole nitrogens is 1. The third-order valence-electron chi connectivity index (χ3n) is 3.41. The molecule has 106 valence electrons. The lowest BCUT2D eigenvalue weighted by atomic mass is 9.82. The van der Waals surface area contributed by atoms with Gasteiger partial charge in [0.15, 0.2) is 5.78 Å². The third-order valence-corrected chi connectivity index (χ3v) is 3.41. The number of ketones is 1. The Kier molecular flexibility index (Phi) is 3.66. The minimum absolute atomic E-state index is 0.0137. The fraction of sp³-hybridized carbons (Fsp3) is 0.375. The molecule has 0 aliphatic carbocycles. The van der Waals surface area contributed by atoms with E-state index in [0.717, 1.165) is 16.5 Å². The maximum Gasteiger partial charge on any atom is 0.303 e. The molecule has 0 atom stereocenters. The van der Waals surface area contributed by atoms with Gasteiger partial charge in [-0.3, -0.25) is 9.59 Å². The maximum atomic E-state index is 12.4. The van der Waals surface area contributed by atoms with Crippen molar-refractivity contribution in [3.8, 4) is 0 Å². The van der Waals surface area contributed by atoms with Crippen molar-refractivity contribution in [3.05, 3.63) is 35.5 Å². The van der Waals surface area contributed by atoms with Crippen LogP contribution in [0.15, 0.2) is 24.4 Å². The number of fused-ring (bicyclic) bond motifs is 1. The van der Waals surface area contributed by atoms with Crippen molar-refractivity contribution < 1.29 is 14.7 Å². The first kappa shape index (κ1) is 14.3. The molecule has 0 amide bonds. The van der Waals surface area contributed by atoms with Crippen molar-refractivity contribution in [3.63, 3.8) is 0 Å². The molecule has 0 radical (unpaired) electrons. The van der Waals surface area contributed by atoms with Crippen LogP contribution in [0.4, 0.5) is 0 Å². The molecule has 0 unspecified atom stereocenters. The molecule has 2 N–H and O–H groups in total. The van der Waals surface area contributed by atoms with E-state index >= 15 is 0 Å². The number of nitrogens with one attached hydrogen (secondary N) is 1. The first-order valence-corrected chi connectivity index (χ1v) is 6.61. The SMILES string of the molecule is Cc1ccc2c(C(=O)CC(C)(C)CC(=O)O)c[nH]c2c1. The Bertz CT molecular complexity index is 667. The van der Waals surface area contributed by atoms with Crippen LogP contribution in [0.5, 0.6) is 0 Å². The van der Waals surface area contributed by atoms with E-state index in [1.807, 2.05) is 25.1 Å². The highest BCUT2D eigenvalue weighted by Gasteiger charge is 2.26. The number of Topliss-reactive ketones (excluding diaryl/α,β-unsaturated/α-hetero) is 1. The summed E-state index contributed by atoms with van der Waals surface area (Å²) < 4.78 is 0. The van der Waals surface area contributed by atoms with Gasteiger partial charge >= 0.3 is 5.97 Å². The Morgan fingerprint density at radius 2 is 1.95 bits per heavy atom. The van der Waals surface area contributed by atoms with E-state index < -0.39 is 11.4 Å². The van der Waals surface area contributed by atoms with Crippen molar-refractivity contribution in [2.45, 2.75) is 33.6 Å². The van der Waals surface area contributed by atoms with E-state index in [2.05, 4.69) is 4.98 Å². The highest BCUT2D eigenvalue weighted by atomic mass is 16.4. The first-order chi connectivity index (χ1) is 9.28. The summed E-state index contributed by atoms with van der Waals surface area (Å²) in [7, 11) is 0. The molecule has 0 aliphatic heterocycles. The predicted octanol–water partition coefficient (Wildman–Crippen LogP) is 3.55. The zero-order valence-corrected chi connectivity index (χ0v) is 12.0. The number of benzene rings is 1. The number of hydrogen-bond acceptors (Lipinski definition) is 2. The monoisotopic (exact) mass is 273 g/mol. The zero-order chi connectivity index (χ0) is 14.9. The third kappa shape index (κ3) is 3.07. The summed E-state index contributed by atoms with van der Waals surface area (Å²) in [6.45, 7) is 5.60. The van der Waals surface area contributed by atoms with Crippen molar-refractivity contribution in [2.24, 2.45) is 5.41 Å². The molecule has 0 aliphatic rings. The number of carbonyl (C=O) groups is 2. The topological polar surface area (TPSA) is 70.2 Å². The summed E-state index contributed by atoms with van der Waals surface area (Å²) >= 11 is 0. The lowest BCUT2D eigenvalue weighted by Gasteiger charge is -2.20. The van der Waals surface area contributed by atoms with E-state index in [4.69, 9.17) is 5.11 Å². The van der Waals surface area contributed by atoms with E-state index in [1.165, 1.54) is 0 Å². The second-order valence-electron chi connectivity index (χ2n) is 6.09. The van der Waals surface area contributed by atoms with Crippen molar-refractivity contribution in [2.75, 3.05) is 0 Å². The van der Waals surface area contributed by atoms with Crippen LogP contribution >= 0.6 is 0 Å². The molecule has 20 heavy (non-hydrogen) atoms. The molecule has 0 spiro atoms. The molecule has 1 heterocycles. The fourth-order valence-electron chi connectivity index (χ4n) is 2.47. The number of carbonyl (C=O) groups excluding carboxylic acids is 1. The number of aromatic amines is 1. The second kappa shape index (κ2) is 5.12. The highest BCUT2D eigenvalue weighted by Crippen LogP contribution is 2.29. The molecule has 0 bridgehead atoms. The van der Waals surface area contributed by atoms with Crippen LogP contribution in [0.3, 0.4) is 0 Å². The van der Waals surface area contributed by atoms with Crippen LogP contribution in [0.2, 0.25) is 0 Å². The second-order valence-corrected chi connectivity index (χ2v) is 6.09. The number of aliphatic carboxylic acids is 1. The molecule has 1 aromatic carbocycles. The van der Waals surface area contributed by atoms with Crippen LogP contribution in [0.1, 0.15) is 42.6 Å². The van der Waals surface area contributed by atoms with Crippen LogP contribution in [0, 0.1) is 12.3 Å². The molecule has 4 heteroatoms. The van der Waals surface area contributed by atoms with E-state index in [-0.39, 0.29) is 18.6 Å². The van der Waals surface area contributed by atoms with Gasteiger partial charge in [-0.25, -0.2) is 0 Å². The minimum atomic E-state index is -0.877. The standard InChI is InChI=1S/C16H19NO3/c1-10-4-5-11-12(9-17-13(11)6-10)14(18)7-16(2,3)8-15(19)20/h4-6,9,17H,7-8H2,1-3H3,(H,19,20). The van der Waals surface area contributed by atoms with Gasteiger partial charge in [0.25, 0.3) is 0 Å². The van der Waals surface area contributed by atoms with E-state index in [9.17, 15) is 9.59 Å². The Labute approximate surface area is 117 Å². The summed E-state index contributed by atoms with van der Waals surface area (Å²) in [6, 6.07) is 5.89. The maximum absolute atomic E-state index is 12.4. The number of carboxylic acids is 1. The van der Waals surface area contributed by atoms with Gasteiger partial charge in [0.2, 0.25) is 0 Å². The zero-order valence-electron chi connectivity index (χ0n) is 12.0. The number of hydrogen-bond donors (Lipinski definition) is 2. The fourth-order valence-corrected chi connectivity index (χ4v) is 2.47. The summed E-state index contributed by atoms with van der Waals surface area (Å²) in [5.74, 6) is -0.899. The molecular formula is C16H19NO3.